The molecular formula is C21H34N4. The van der Waals surface area contributed by atoms with E-state index in [9.17, 15) is 0 Å². The third-order valence-electron chi connectivity index (χ3n) is 5.85. The first-order valence-corrected chi connectivity index (χ1v) is 9.93. The van der Waals surface area contributed by atoms with Crippen molar-refractivity contribution in [3.8, 4) is 0 Å². The zero-order chi connectivity index (χ0) is 17.6. The molecule has 25 heavy (non-hydrogen) atoms. The number of hydrogen-bond acceptors (Lipinski definition) is 2. The van der Waals surface area contributed by atoms with E-state index >= 15 is 0 Å². The fourth-order valence-corrected chi connectivity index (χ4v) is 3.84. The van der Waals surface area contributed by atoms with Crippen LogP contribution in [-0.4, -0.2) is 48.5 Å². The van der Waals surface area contributed by atoms with Crippen LogP contribution >= 0.6 is 0 Å². The molecule has 0 atom stereocenters. The quantitative estimate of drug-likeness (QED) is 0.675. The van der Waals surface area contributed by atoms with Crippen LogP contribution in [0.15, 0.2) is 29.3 Å². The summed E-state index contributed by atoms with van der Waals surface area (Å²) in [5.41, 5.74) is 8.97. The molecule has 2 aliphatic heterocycles. The normalized spacial score (nSPS) is 21.7. The SMILES string of the molecule is Cc1ccc(CN2CCC(CN=C(N)N3CCC(C)CC3)CC2)cc1. The summed E-state index contributed by atoms with van der Waals surface area (Å²) in [4.78, 5) is 9.56. The van der Waals surface area contributed by atoms with E-state index in [-0.39, 0.29) is 0 Å². The topological polar surface area (TPSA) is 44.9 Å². The summed E-state index contributed by atoms with van der Waals surface area (Å²) in [6.07, 6.45) is 4.96. The van der Waals surface area contributed by atoms with Crippen molar-refractivity contribution in [3.63, 3.8) is 0 Å². The predicted molar refractivity (Wildman–Crippen MR) is 106 cm³/mol. The van der Waals surface area contributed by atoms with E-state index < -0.39 is 0 Å². The standard InChI is InChI=1S/C21H34N4/c1-17-3-5-20(6-4-17)16-24-11-9-19(10-12-24)15-23-21(22)25-13-7-18(2)8-14-25/h3-6,18-19H,7-16H2,1-2H3,(H2,22,23). The van der Waals surface area contributed by atoms with E-state index in [1.807, 2.05) is 0 Å². The minimum atomic E-state index is 0.691. The number of hydrogen-bond donors (Lipinski definition) is 1. The third-order valence-corrected chi connectivity index (χ3v) is 5.85. The molecule has 2 N–H and O–H groups in total. The number of benzene rings is 1. The van der Waals surface area contributed by atoms with Gasteiger partial charge in [-0.2, -0.15) is 0 Å². The first kappa shape index (κ1) is 18.2. The molecule has 1 aromatic carbocycles. The van der Waals surface area contributed by atoms with Gasteiger partial charge in [0.25, 0.3) is 0 Å². The Morgan fingerprint density at radius 2 is 1.68 bits per heavy atom. The molecule has 0 amide bonds. The van der Waals surface area contributed by atoms with Gasteiger partial charge in [0.05, 0.1) is 0 Å². The average molecular weight is 343 g/mol. The van der Waals surface area contributed by atoms with E-state index in [0.717, 1.165) is 38.1 Å². The van der Waals surface area contributed by atoms with E-state index in [1.54, 1.807) is 0 Å². The molecule has 2 aliphatic rings. The van der Waals surface area contributed by atoms with Gasteiger partial charge >= 0.3 is 0 Å². The number of piperidine rings is 2. The summed E-state index contributed by atoms with van der Waals surface area (Å²) in [5, 5.41) is 0. The maximum Gasteiger partial charge on any atom is 0.191 e. The van der Waals surface area contributed by atoms with Gasteiger partial charge in [0, 0.05) is 26.2 Å². The van der Waals surface area contributed by atoms with Crippen LogP contribution in [-0.2, 0) is 6.54 Å². The molecule has 1 aromatic rings. The number of nitrogens with zero attached hydrogens (tertiary/aromatic N) is 3. The second kappa shape index (κ2) is 8.70. The van der Waals surface area contributed by atoms with Crippen LogP contribution in [0, 0.1) is 18.8 Å². The van der Waals surface area contributed by atoms with Crippen LogP contribution in [0.4, 0.5) is 0 Å². The number of aryl methyl sites for hydroxylation is 1. The van der Waals surface area contributed by atoms with Gasteiger partial charge < -0.3 is 10.6 Å². The van der Waals surface area contributed by atoms with Crippen LogP contribution in [0.25, 0.3) is 0 Å². The average Bonchev–Trinajstić information content (AvgIpc) is 2.63. The Bertz CT molecular complexity index is 550. The third kappa shape index (κ3) is 5.46. The number of guanidine groups is 1. The molecule has 0 bridgehead atoms. The molecule has 0 unspecified atom stereocenters. The van der Waals surface area contributed by atoms with E-state index in [2.05, 4.69) is 47.9 Å². The lowest BCUT2D eigenvalue weighted by Crippen LogP contribution is -2.43. The van der Waals surface area contributed by atoms with Crippen molar-refractivity contribution < 1.29 is 0 Å². The van der Waals surface area contributed by atoms with Gasteiger partial charge in [-0.3, -0.25) is 9.89 Å². The Kier molecular flexibility index (Phi) is 6.35. The Morgan fingerprint density at radius 3 is 2.32 bits per heavy atom. The van der Waals surface area contributed by atoms with Crippen molar-refractivity contribution in [3.05, 3.63) is 35.4 Å². The second-order valence-electron chi connectivity index (χ2n) is 8.07. The fourth-order valence-electron chi connectivity index (χ4n) is 3.84. The van der Waals surface area contributed by atoms with E-state index in [1.165, 1.54) is 49.9 Å². The molecule has 2 heterocycles. The zero-order valence-electron chi connectivity index (χ0n) is 16.0. The van der Waals surface area contributed by atoms with Crippen molar-refractivity contribution in [2.45, 2.75) is 46.1 Å². The summed E-state index contributed by atoms with van der Waals surface area (Å²) in [6, 6.07) is 8.93. The smallest absolute Gasteiger partial charge is 0.191 e. The van der Waals surface area contributed by atoms with Crippen molar-refractivity contribution in [2.75, 3.05) is 32.7 Å². The van der Waals surface area contributed by atoms with Crippen molar-refractivity contribution in [1.82, 2.24) is 9.80 Å². The van der Waals surface area contributed by atoms with Gasteiger partial charge in [-0.05, 0) is 63.1 Å². The van der Waals surface area contributed by atoms with Crippen LogP contribution in [0.3, 0.4) is 0 Å². The van der Waals surface area contributed by atoms with Gasteiger partial charge in [0.15, 0.2) is 5.96 Å². The molecule has 0 spiro atoms. The minimum absolute atomic E-state index is 0.691. The predicted octanol–water partition coefficient (Wildman–Crippen LogP) is 3.25. The number of likely N-dealkylation sites (tertiary alicyclic amines) is 2. The Morgan fingerprint density at radius 1 is 1.04 bits per heavy atom. The number of rotatable bonds is 4. The molecule has 4 nitrogen and oxygen atoms in total. The van der Waals surface area contributed by atoms with Gasteiger partial charge in [-0.25, -0.2) is 0 Å². The summed E-state index contributed by atoms with van der Waals surface area (Å²) in [7, 11) is 0. The fraction of sp³-hybridized carbons (Fsp3) is 0.667. The van der Waals surface area contributed by atoms with Gasteiger partial charge in [-0.15, -0.1) is 0 Å². The molecule has 0 radical (unpaired) electrons. The Hall–Kier alpha value is -1.55. The molecule has 2 fully saturated rings. The summed E-state index contributed by atoms with van der Waals surface area (Å²) < 4.78 is 0. The minimum Gasteiger partial charge on any atom is -0.370 e. The summed E-state index contributed by atoms with van der Waals surface area (Å²) in [5.74, 6) is 2.30. The molecule has 2 saturated heterocycles. The maximum absolute atomic E-state index is 6.22. The summed E-state index contributed by atoms with van der Waals surface area (Å²) >= 11 is 0. The zero-order valence-corrected chi connectivity index (χ0v) is 16.0. The van der Waals surface area contributed by atoms with Gasteiger partial charge in [0.2, 0.25) is 0 Å². The molecule has 4 heteroatoms. The molecule has 3 rings (SSSR count). The van der Waals surface area contributed by atoms with Gasteiger partial charge in [0.1, 0.15) is 0 Å². The van der Waals surface area contributed by atoms with Crippen LogP contribution < -0.4 is 5.73 Å². The first-order valence-electron chi connectivity index (χ1n) is 9.93. The largest absolute Gasteiger partial charge is 0.370 e. The van der Waals surface area contributed by atoms with Crippen molar-refractivity contribution >= 4 is 5.96 Å². The van der Waals surface area contributed by atoms with Crippen LogP contribution in [0.1, 0.15) is 43.7 Å². The highest BCUT2D eigenvalue weighted by Gasteiger charge is 2.20. The lowest BCUT2D eigenvalue weighted by atomic mass is 9.96. The molecule has 138 valence electrons. The first-order chi connectivity index (χ1) is 12.1. The maximum atomic E-state index is 6.22. The number of aliphatic imine (C=N–C) groups is 1. The monoisotopic (exact) mass is 342 g/mol. The molecule has 0 aromatic heterocycles. The Labute approximate surface area is 153 Å². The highest BCUT2D eigenvalue weighted by atomic mass is 15.3. The Balaban J connectivity index is 1.40. The number of nitrogens with two attached hydrogens (primary N) is 1. The van der Waals surface area contributed by atoms with Crippen molar-refractivity contribution in [2.24, 2.45) is 22.6 Å². The molecule has 0 aliphatic carbocycles. The van der Waals surface area contributed by atoms with Crippen molar-refractivity contribution in [1.29, 1.82) is 0 Å². The highest BCUT2D eigenvalue weighted by molar-refractivity contribution is 5.78. The van der Waals surface area contributed by atoms with E-state index in [0.29, 0.717) is 5.92 Å². The van der Waals surface area contributed by atoms with E-state index in [4.69, 9.17) is 10.7 Å². The molecule has 0 saturated carbocycles. The summed E-state index contributed by atoms with van der Waals surface area (Å²) in [6.45, 7) is 10.9. The lowest BCUT2D eigenvalue weighted by Gasteiger charge is -2.33. The molecular weight excluding hydrogens is 308 g/mol. The lowest BCUT2D eigenvalue weighted by molar-refractivity contribution is 0.180. The highest BCUT2D eigenvalue weighted by Crippen LogP contribution is 2.20. The second-order valence-corrected chi connectivity index (χ2v) is 8.07. The van der Waals surface area contributed by atoms with Crippen LogP contribution in [0.2, 0.25) is 0 Å². The van der Waals surface area contributed by atoms with Crippen LogP contribution in [0.5, 0.6) is 0 Å². The van der Waals surface area contributed by atoms with Gasteiger partial charge in [-0.1, -0.05) is 36.8 Å².